The van der Waals surface area contributed by atoms with Crippen LogP contribution in [-0.2, 0) is 9.08 Å². The van der Waals surface area contributed by atoms with E-state index in [9.17, 15) is 14.1 Å². The van der Waals surface area contributed by atoms with E-state index in [0.717, 1.165) is 0 Å². The molecule has 5 nitrogen and oxygen atoms in total. The van der Waals surface area contributed by atoms with Crippen molar-refractivity contribution in [2.45, 2.75) is 19.6 Å². The molecular weight excluding hydrogens is 222 g/mol. The Morgan fingerprint density at radius 1 is 1.40 bits per heavy atom. The van der Waals surface area contributed by atoms with Gasteiger partial charge in [0.25, 0.3) is 16.6 Å². The van der Waals surface area contributed by atoms with Gasteiger partial charge in [-0.15, -0.1) is 0 Å². The summed E-state index contributed by atoms with van der Waals surface area (Å²) < 4.78 is 25.8. The predicted octanol–water partition coefficient (Wildman–Crippen LogP) is -1.34. The molecule has 88 valence electrons. The maximum Gasteiger partial charge on any atom is 0.366 e. The molecule has 0 amide bonds. The summed E-state index contributed by atoms with van der Waals surface area (Å²) >= 11 is 0. The summed E-state index contributed by atoms with van der Waals surface area (Å²) in [6.07, 6.45) is 0. The SMILES string of the molecule is C=C(C)C(=O)C(C)(O[Cl+2]([O-])[O-])[N+](C)(C)C. The van der Waals surface area contributed by atoms with Gasteiger partial charge in [-0.2, -0.15) is 0 Å². The van der Waals surface area contributed by atoms with Crippen LogP contribution in [0.2, 0.25) is 0 Å². The van der Waals surface area contributed by atoms with E-state index >= 15 is 0 Å². The van der Waals surface area contributed by atoms with Crippen molar-refractivity contribution in [2.75, 3.05) is 21.1 Å². The second kappa shape index (κ2) is 4.59. The third-order valence-corrected chi connectivity index (χ3v) is 2.73. The Hall–Kier alpha value is -0.460. The Kier molecular flexibility index (Phi) is 4.45. The number of Topliss-reactive ketones (excluding diaryl/α,β-unsaturated/α-hetero) is 1. The highest BCUT2D eigenvalue weighted by Gasteiger charge is 2.56. The van der Waals surface area contributed by atoms with Crippen molar-refractivity contribution in [3.05, 3.63) is 12.2 Å². The number of carbonyl (C=O) groups excluding carboxylic acids is 1. The molecule has 0 aliphatic heterocycles. The standard InChI is InChI=1S/C9H17ClNO4/c1-7(2)8(12)9(3,11(4,5)6)15-10(13)14/h1H2,2-6H3/q+1. The highest BCUT2D eigenvalue weighted by atomic mass is 35.6. The largest absolute Gasteiger partial charge is 0.366 e. The molecule has 0 radical (unpaired) electrons. The van der Waals surface area contributed by atoms with Gasteiger partial charge in [-0.1, -0.05) is 6.58 Å². The first-order valence-electron chi connectivity index (χ1n) is 4.29. The molecule has 0 aliphatic carbocycles. The summed E-state index contributed by atoms with van der Waals surface area (Å²) in [6, 6.07) is 0. The van der Waals surface area contributed by atoms with Crippen LogP contribution in [0.4, 0.5) is 0 Å². The monoisotopic (exact) mass is 238 g/mol. The zero-order valence-electron chi connectivity index (χ0n) is 9.67. The van der Waals surface area contributed by atoms with Crippen LogP contribution in [0.25, 0.3) is 0 Å². The fourth-order valence-corrected chi connectivity index (χ4v) is 1.48. The molecule has 0 aromatic heterocycles. The normalized spacial score (nSPS) is 16.3. The maximum absolute atomic E-state index is 11.8. The van der Waals surface area contributed by atoms with E-state index < -0.39 is 22.3 Å². The van der Waals surface area contributed by atoms with Crippen LogP contribution in [0.5, 0.6) is 0 Å². The highest BCUT2D eigenvalue weighted by Crippen LogP contribution is 2.24. The highest BCUT2D eigenvalue weighted by molar-refractivity contribution is 5.99. The number of carbonyl (C=O) groups is 1. The molecule has 0 saturated heterocycles. The second-order valence-electron chi connectivity index (χ2n) is 4.37. The molecule has 0 heterocycles. The van der Waals surface area contributed by atoms with Crippen LogP contribution < -0.4 is 9.32 Å². The molecule has 0 bridgehead atoms. The molecule has 0 saturated carbocycles. The molecule has 0 spiro atoms. The molecule has 15 heavy (non-hydrogen) atoms. The van der Waals surface area contributed by atoms with Gasteiger partial charge in [0.05, 0.1) is 25.4 Å². The van der Waals surface area contributed by atoms with Gasteiger partial charge >= 0.3 is 5.72 Å². The van der Waals surface area contributed by atoms with E-state index in [1.165, 1.54) is 13.8 Å². The Labute approximate surface area is 92.9 Å². The smallest absolute Gasteiger partial charge is 0.320 e. The van der Waals surface area contributed by atoms with Crippen LogP contribution in [0.15, 0.2) is 12.2 Å². The van der Waals surface area contributed by atoms with E-state index in [1.807, 2.05) is 0 Å². The van der Waals surface area contributed by atoms with Crippen molar-refractivity contribution >= 4 is 5.78 Å². The minimum absolute atomic E-state index is 0.0251. The number of hydrogen-bond donors (Lipinski definition) is 0. The fourth-order valence-electron chi connectivity index (χ4n) is 0.962. The quantitative estimate of drug-likeness (QED) is 0.338. The molecule has 1 atom stereocenters. The number of quaternary nitrogens is 1. The summed E-state index contributed by atoms with van der Waals surface area (Å²) in [5.74, 6) is -0.441. The first-order chi connectivity index (χ1) is 6.52. The molecule has 0 aliphatic rings. The molecule has 0 fully saturated rings. The number of ketones is 1. The lowest BCUT2D eigenvalue weighted by Crippen LogP contribution is -2.64. The average Bonchev–Trinajstić information content (AvgIpc) is 1.99. The van der Waals surface area contributed by atoms with Crippen molar-refractivity contribution in [1.82, 2.24) is 0 Å². The zero-order chi connectivity index (χ0) is 12.4. The molecule has 0 N–H and O–H groups in total. The molecule has 1 unspecified atom stereocenters. The lowest BCUT2D eigenvalue weighted by Gasteiger charge is -2.35. The van der Waals surface area contributed by atoms with Gasteiger partial charge in [-0.3, -0.25) is 9.28 Å². The minimum atomic E-state index is -2.40. The third-order valence-electron chi connectivity index (χ3n) is 2.30. The minimum Gasteiger partial charge on any atom is -0.320 e. The van der Waals surface area contributed by atoms with Crippen LogP contribution >= 0.6 is 0 Å². The third kappa shape index (κ3) is 3.25. The van der Waals surface area contributed by atoms with Gasteiger partial charge in [-0.05, 0) is 12.5 Å². The lowest BCUT2D eigenvalue weighted by atomic mass is 10.0. The van der Waals surface area contributed by atoms with E-state index in [4.69, 9.17) is 0 Å². The number of halogens is 1. The van der Waals surface area contributed by atoms with E-state index in [1.54, 1.807) is 21.1 Å². The van der Waals surface area contributed by atoms with Gasteiger partial charge in [-0.25, -0.2) is 0 Å². The molecule has 0 aromatic carbocycles. The van der Waals surface area contributed by atoms with Gasteiger partial charge in [0.1, 0.15) is 0 Å². The second-order valence-corrected chi connectivity index (χ2v) is 4.90. The number of hydrogen-bond acceptors (Lipinski definition) is 4. The Bertz CT molecular complexity index is 272. The first-order valence-corrected chi connectivity index (χ1v) is 5.22. The summed E-state index contributed by atoms with van der Waals surface area (Å²) in [6.45, 7) is 6.44. The molecule has 0 rings (SSSR count). The molecule has 0 aromatic rings. The van der Waals surface area contributed by atoms with Gasteiger partial charge in [0.2, 0.25) is 0 Å². The van der Waals surface area contributed by atoms with Crippen molar-refractivity contribution in [1.29, 1.82) is 0 Å². The number of nitrogens with zero attached hydrogens (tertiary/aromatic N) is 1. The van der Waals surface area contributed by atoms with Gasteiger partial charge < -0.3 is 9.32 Å². The summed E-state index contributed by atoms with van der Waals surface area (Å²) in [5.41, 5.74) is -1.24. The average molecular weight is 239 g/mol. The van der Waals surface area contributed by atoms with Crippen LogP contribution in [0, 0.1) is 10.8 Å². The number of likely N-dealkylation sites (N-methyl/N-ethyl adjacent to an activating group) is 1. The topological polar surface area (TPSA) is 72.4 Å². The van der Waals surface area contributed by atoms with Gasteiger partial charge in [0, 0.05) is 6.92 Å². The first kappa shape index (κ1) is 14.5. The lowest BCUT2D eigenvalue weighted by molar-refractivity contribution is -1.64. The van der Waals surface area contributed by atoms with E-state index in [0.29, 0.717) is 0 Å². The Morgan fingerprint density at radius 2 is 1.80 bits per heavy atom. The summed E-state index contributed by atoms with van der Waals surface area (Å²) in [4.78, 5) is 11.8. The summed E-state index contributed by atoms with van der Waals surface area (Å²) in [7, 11) is 2.60. The predicted molar refractivity (Wildman–Crippen MR) is 47.3 cm³/mol. The van der Waals surface area contributed by atoms with Crippen LogP contribution in [0.3, 0.4) is 0 Å². The molecular formula is C9H17ClNO4+. The fraction of sp³-hybridized carbons (Fsp3) is 0.667. The number of rotatable bonds is 5. The van der Waals surface area contributed by atoms with Gasteiger partial charge in [0.15, 0.2) is 0 Å². The summed E-state index contributed by atoms with van der Waals surface area (Å²) in [5, 5.41) is 0. The van der Waals surface area contributed by atoms with E-state index in [-0.39, 0.29) is 10.1 Å². The molecule has 6 heteroatoms. The zero-order valence-corrected chi connectivity index (χ0v) is 10.4. The van der Waals surface area contributed by atoms with Crippen molar-refractivity contribution in [2.24, 2.45) is 0 Å². The van der Waals surface area contributed by atoms with Crippen molar-refractivity contribution < 1.29 is 33.7 Å². The van der Waals surface area contributed by atoms with Crippen LogP contribution in [-0.4, -0.2) is 37.1 Å². The Morgan fingerprint density at radius 3 is 2.00 bits per heavy atom. The van der Waals surface area contributed by atoms with Crippen LogP contribution in [0.1, 0.15) is 13.8 Å². The Balaban J connectivity index is 5.21. The van der Waals surface area contributed by atoms with E-state index in [2.05, 4.69) is 10.9 Å². The van der Waals surface area contributed by atoms with Crippen molar-refractivity contribution in [3.8, 4) is 0 Å². The van der Waals surface area contributed by atoms with Crippen molar-refractivity contribution in [3.63, 3.8) is 0 Å². The maximum atomic E-state index is 11.8.